The lowest BCUT2D eigenvalue weighted by Gasteiger charge is -2.23. The maximum atomic E-state index is 9.08. The first-order valence-electron chi connectivity index (χ1n) is 4.44. The molecule has 0 bridgehead atoms. The predicted octanol–water partition coefficient (Wildman–Crippen LogP) is 1.43. The number of methoxy groups -OCH3 is 1. The van der Waals surface area contributed by atoms with E-state index in [9.17, 15) is 0 Å². The molecular weight excluding hydrogens is 262 g/mol. The van der Waals surface area contributed by atoms with Crippen LogP contribution in [0.2, 0.25) is 0 Å². The molecule has 0 atom stereocenters. The molecule has 0 unspecified atom stereocenters. The van der Waals surface area contributed by atoms with Crippen molar-refractivity contribution in [3.8, 4) is 5.88 Å². The Morgan fingerprint density at radius 1 is 1.60 bits per heavy atom. The number of aliphatic hydroxyl groups is 1. The van der Waals surface area contributed by atoms with E-state index in [1.165, 1.54) is 7.11 Å². The Morgan fingerprint density at radius 2 is 2.27 bits per heavy atom. The zero-order valence-electron chi connectivity index (χ0n) is 8.91. The van der Waals surface area contributed by atoms with Gasteiger partial charge < -0.3 is 15.2 Å². The summed E-state index contributed by atoms with van der Waals surface area (Å²) in [6.45, 7) is 3.70. The molecule has 0 saturated heterocycles. The van der Waals surface area contributed by atoms with Crippen LogP contribution >= 0.6 is 15.9 Å². The molecule has 1 rings (SSSR count). The van der Waals surface area contributed by atoms with E-state index < -0.39 is 5.54 Å². The third kappa shape index (κ3) is 3.32. The van der Waals surface area contributed by atoms with Crippen LogP contribution < -0.4 is 10.1 Å². The molecule has 0 aliphatic carbocycles. The molecule has 5 nitrogen and oxygen atoms in total. The van der Waals surface area contributed by atoms with E-state index in [1.807, 2.05) is 13.8 Å². The van der Waals surface area contributed by atoms with Crippen molar-refractivity contribution < 1.29 is 9.84 Å². The molecule has 0 aliphatic rings. The summed E-state index contributed by atoms with van der Waals surface area (Å²) >= 11 is 3.26. The van der Waals surface area contributed by atoms with Gasteiger partial charge >= 0.3 is 0 Å². The SMILES string of the molecule is COc1nc(NC(C)(C)CO)ncc1Br. The van der Waals surface area contributed by atoms with Gasteiger partial charge in [0, 0.05) is 0 Å². The summed E-state index contributed by atoms with van der Waals surface area (Å²) < 4.78 is 5.73. The number of aliphatic hydroxyl groups excluding tert-OH is 1. The lowest BCUT2D eigenvalue weighted by atomic mass is 10.1. The third-order valence-electron chi connectivity index (χ3n) is 1.75. The maximum absolute atomic E-state index is 9.08. The molecule has 1 aromatic rings. The molecule has 6 heteroatoms. The number of anilines is 1. The summed E-state index contributed by atoms with van der Waals surface area (Å²) in [5.74, 6) is 0.885. The Balaban J connectivity index is 2.87. The number of nitrogens with one attached hydrogen (secondary N) is 1. The average molecular weight is 276 g/mol. The van der Waals surface area contributed by atoms with Gasteiger partial charge in [-0.2, -0.15) is 4.98 Å². The highest BCUT2D eigenvalue weighted by atomic mass is 79.9. The Bertz CT molecular complexity index is 344. The van der Waals surface area contributed by atoms with E-state index in [4.69, 9.17) is 9.84 Å². The number of nitrogens with zero attached hydrogens (tertiary/aromatic N) is 2. The minimum absolute atomic E-state index is 0.00522. The van der Waals surface area contributed by atoms with Crippen LogP contribution in [0, 0.1) is 0 Å². The van der Waals surface area contributed by atoms with Gasteiger partial charge in [0.25, 0.3) is 0 Å². The van der Waals surface area contributed by atoms with Crippen molar-refractivity contribution in [3.05, 3.63) is 10.7 Å². The molecule has 0 fully saturated rings. The maximum Gasteiger partial charge on any atom is 0.232 e. The van der Waals surface area contributed by atoms with Gasteiger partial charge in [-0.15, -0.1) is 0 Å². The standard InChI is InChI=1S/C9H14BrN3O2/c1-9(2,5-14)13-8-11-4-6(10)7(12-8)15-3/h4,14H,5H2,1-3H3,(H,11,12,13). The van der Waals surface area contributed by atoms with Crippen LogP contribution in [0.15, 0.2) is 10.7 Å². The lowest BCUT2D eigenvalue weighted by molar-refractivity contribution is 0.233. The van der Waals surface area contributed by atoms with Crippen molar-refractivity contribution in [3.63, 3.8) is 0 Å². The van der Waals surface area contributed by atoms with Gasteiger partial charge in [0.15, 0.2) is 0 Å². The lowest BCUT2D eigenvalue weighted by Crippen LogP contribution is -2.35. The van der Waals surface area contributed by atoms with Gasteiger partial charge in [-0.1, -0.05) is 0 Å². The van der Waals surface area contributed by atoms with Gasteiger partial charge in [-0.25, -0.2) is 4.98 Å². The molecule has 0 amide bonds. The van der Waals surface area contributed by atoms with Crippen LogP contribution in [-0.4, -0.2) is 34.3 Å². The van der Waals surface area contributed by atoms with Crippen molar-refractivity contribution in [2.45, 2.75) is 19.4 Å². The quantitative estimate of drug-likeness (QED) is 0.870. The van der Waals surface area contributed by atoms with Crippen LogP contribution in [-0.2, 0) is 0 Å². The molecule has 0 radical (unpaired) electrons. The fraction of sp³-hybridized carbons (Fsp3) is 0.556. The molecule has 1 aromatic heterocycles. The second-order valence-electron chi connectivity index (χ2n) is 3.72. The number of hydrogen-bond donors (Lipinski definition) is 2. The Hall–Kier alpha value is -0.880. The summed E-state index contributed by atoms with van der Waals surface area (Å²) in [7, 11) is 1.54. The number of rotatable bonds is 4. The first-order valence-corrected chi connectivity index (χ1v) is 5.23. The minimum atomic E-state index is -0.459. The Kier molecular flexibility index (Phi) is 3.87. The molecule has 0 aliphatic heterocycles. The largest absolute Gasteiger partial charge is 0.480 e. The molecule has 0 aromatic carbocycles. The smallest absolute Gasteiger partial charge is 0.232 e. The number of ether oxygens (including phenoxy) is 1. The van der Waals surface area contributed by atoms with E-state index >= 15 is 0 Å². The van der Waals surface area contributed by atoms with E-state index in [0.717, 1.165) is 0 Å². The predicted molar refractivity (Wildman–Crippen MR) is 61.1 cm³/mol. The number of halogens is 1. The van der Waals surface area contributed by atoms with E-state index in [0.29, 0.717) is 16.3 Å². The van der Waals surface area contributed by atoms with Crippen molar-refractivity contribution in [2.24, 2.45) is 0 Å². The fourth-order valence-electron chi connectivity index (χ4n) is 0.897. The van der Waals surface area contributed by atoms with Gasteiger partial charge in [-0.3, -0.25) is 0 Å². The second-order valence-corrected chi connectivity index (χ2v) is 4.57. The monoisotopic (exact) mass is 275 g/mol. The zero-order valence-corrected chi connectivity index (χ0v) is 10.5. The van der Waals surface area contributed by atoms with Gasteiger partial charge in [-0.05, 0) is 29.8 Å². The highest BCUT2D eigenvalue weighted by Crippen LogP contribution is 2.22. The van der Waals surface area contributed by atoms with Gasteiger partial charge in [0.1, 0.15) is 0 Å². The van der Waals surface area contributed by atoms with Crippen molar-refractivity contribution >= 4 is 21.9 Å². The highest BCUT2D eigenvalue weighted by molar-refractivity contribution is 9.10. The highest BCUT2D eigenvalue weighted by Gasteiger charge is 2.17. The number of aromatic nitrogens is 2. The first-order chi connectivity index (χ1) is 6.98. The summed E-state index contributed by atoms with van der Waals surface area (Å²) in [6.07, 6.45) is 1.60. The molecule has 84 valence electrons. The summed E-state index contributed by atoms with van der Waals surface area (Å²) in [5.41, 5.74) is -0.459. The molecule has 0 spiro atoms. The van der Waals surface area contributed by atoms with Crippen LogP contribution in [0.4, 0.5) is 5.95 Å². The minimum Gasteiger partial charge on any atom is -0.480 e. The van der Waals surface area contributed by atoms with E-state index in [2.05, 4.69) is 31.2 Å². The van der Waals surface area contributed by atoms with Crippen LogP contribution in [0.3, 0.4) is 0 Å². The van der Waals surface area contributed by atoms with Crippen molar-refractivity contribution in [1.29, 1.82) is 0 Å². The van der Waals surface area contributed by atoms with E-state index in [-0.39, 0.29) is 6.61 Å². The zero-order chi connectivity index (χ0) is 11.5. The molecule has 15 heavy (non-hydrogen) atoms. The van der Waals surface area contributed by atoms with E-state index in [1.54, 1.807) is 6.20 Å². The van der Waals surface area contributed by atoms with Crippen molar-refractivity contribution in [1.82, 2.24) is 9.97 Å². The van der Waals surface area contributed by atoms with Crippen LogP contribution in [0.25, 0.3) is 0 Å². The molecule has 0 saturated carbocycles. The van der Waals surface area contributed by atoms with Gasteiger partial charge in [0.2, 0.25) is 11.8 Å². The Labute approximate surface area is 97.0 Å². The topological polar surface area (TPSA) is 67.3 Å². The van der Waals surface area contributed by atoms with Crippen LogP contribution in [0.1, 0.15) is 13.8 Å². The second kappa shape index (κ2) is 4.76. The normalized spacial score (nSPS) is 11.3. The summed E-state index contributed by atoms with van der Waals surface area (Å²) in [5, 5.41) is 12.1. The number of hydrogen-bond acceptors (Lipinski definition) is 5. The third-order valence-corrected chi connectivity index (χ3v) is 2.29. The average Bonchev–Trinajstić information content (AvgIpc) is 2.20. The fourth-order valence-corrected chi connectivity index (χ4v) is 1.25. The summed E-state index contributed by atoms with van der Waals surface area (Å²) in [4.78, 5) is 8.18. The molecular formula is C9H14BrN3O2. The first kappa shape index (κ1) is 12.2. The Morgan fingerprint density at radius 3 is 2.80 bits per heavy atom. The molecule has 2 N–H and O–H groups in total. The van der Waals surface area contributed by atoms with Crippen molar-refractivity contribution in [2.75, 3.05) is 19.0 Å². The van der Waals surface area contributed by atoms with Gasteiger partial charge in [0.05, 0.1) is 29.9 Å². The van der Waals surface area contributed by atoms with Crippen LogP contribution in [0.5, 0.6) is 5.88 Å². The summed E-state index contributed by atoms with van der Waals surface area (Å²) in [6, 6.07) is 0. The molecule has 1 heterocycles.